The van der Waals surface area contributed by atoms with Crippen molar-refractivity contribution < 1.29 is 24.2 Å². The normalized spacial score (nSPS) is 16.6. The van der Waals surface area contributed by atoms with Gasteiger partial charge in [0.05, 0.1) is 29.9 Å². The third-order valence-electron chi connectivity index (χ3n) is 7.90. The summed E-state index contributed by atoms with van der Waals surface area (Å²) in [5, 5.41) is 12.4. The minimum atomic E-state index is -0.946. The molecule has 7 rings (SSSR count). The summed E-state index contributed by atoms with van der Waals surface area (Å²) in [6.45, 7) is 3.59. The molecule has 0 saturated carbocycles. The zero-order valence-electron chi connectivity index (χ0n) is 22.0. The number of anilines is 3. The summed E-state index contributed by atoms with van der Waals surface area (Å²) < 4.78 is 5.36. The van der Waals surface area contributed by atoms with E-state index >= 15 is 0 Å². The first kappa shape index (κ1) is 25.4. The van der Waals surface area contributed by atoms with Crippen molar-refractivity contribution in [3.05, 3.63) is 94.5 Å². The smallest absolute Gasteiger partial charge is 0.345 e. The maximum absolute atomic E-state index is 13.7. The molecule has 206 valence electrons. The molecule has 10 heteroatoms. The van der Waals surface area contributed by atoms with Crippen molar-refractivity contribution in [2.24, 2.45) is 5.41 Å². The number of hydrogen-bond donors (Lipinski definition) is 2. The van der Waals surface area contributed by atoms with Crippen LogP contribution < -0.4 is 15.1 Å². The molecule has 2 saturated heterocycles. The summed E-state index contributed by atoms with van der Waals surface area (Å²) in [6, 6.07) is 19.7. The van der Waals surface area contributed by atoms with Gasteiger partial charge in [-0.1, -0.05) is 18.2 Å². The second-order valence-electron chi connectivity index (χ2n) is 10.7. The number of carboxylic acids is 1. The summed E-state index contributed by atoms with van der Waals surface area (Å²) in [7, 11) is 0. The summed E-state index contributed by atoms with van der Waals surface area (Å²) in [4.78, 5) is 47.9. The van der Waals surface area contributed by atoms with Gasteiger partial charge in [0.2, 0.25) is 0 Å². The molecule has 2 N–H and O–H groups in total. The minimum Gasteiger partial charge on any atom is -0.477 e. The molecular formula is C31H26N4O5S. The Hall–Kier alpha value is -4.54. The van der Waals surface area contributed by atoms with Gasteiger partial charge in [0, 0.05) is 47.5 Å². The Balaban J connectivity index is 1.08. The van der Waals surface area contributed by atoms with Gasteiger partial charge in [-0.2, -0.15) is 0 Å². The predicted octanol–water partition coefficient (Wildman–Crippen LogP) is 4.80. The Morgan fingerprint density at radius 2 is 1.78 bits per heavy atom. The fourth-order valence-corrected chi connectivity index (χ4v) is 6.86. The van der Waals surface area contributed by atoms with Gasteiger partial charge in [-0.3, -0.25) is 9.59 Å². The number of fused-ring (bicyclic) bond motifs is 3. The molecule has 0 unspecified atom stereocenters. The topological polar surface area (TPSA) is 112 Å². The molecular weight excluding hydrogens is 540 g/mol. The van der Waals surface area contributed by atoms with Crippen LogP contribution in [0.1, 0.15) is 36.0 Å². The van der Waals surface area contributed by atoms with Gasteiger partial charge in [0.1, 0.15) is 10.7 Å². The van der Waals surface area contributed by atoms with Crippen LogP contribution in [0.2, 0.25) is 0 Å². The molecule has 5 heterocycles. The number of ether oxygens (including phenoxy) is 1. The summed E-state index contributed by atoms with van der Waals surface area (Å²) in [6.07, 6.45) is 2.24. The lowest BCUT2D eigenvalue weighted by atomic mass is 9.78. The molecule has 0 radical (unpaired) electrons. The van der Waals surface area contributed by atoms with Crippen LogP contribution in [0.5, 0.6) is 0 Å². The third-order valence-corrected chi connectivity index (χ3v) is 9.10. The van der Waals surface area contributed by atoms with E-state index in [1.54, 1.807) is 53.6 Å². The number of carbonyl (C=O) groups is 3. The largest absolute Gasteiger partial charge is 0.477 e. The SMILES string of the molecule is O=C(O)c1cc2c(s1)-c1ccccc1N(C(=O)c1ccc(NC(=O)c3cccnc3N3CC4(COC4)C3)cc1)CC2. The number of benzene rings is 2. The fourth-order valence-electron chi connectivity index (χ4n) is 5.78. The molecule has 3 aliphatic heterocycles. The molecule has 0 atom stereocenters. The van der Waals surface area contributed by atoms with E-state index in [0.717, 1.165) is 48.0 Å². The Kier molecular flexibility index (Phi) is 6.09. The van der Waals surface area contributed by atoms with Gasteiger partial charge >= 0.3 is 5.97 Å². The van der Waals surface area contributed by atoms with Gasteiger partial charge in [-0.05, 0) is 60.5 Å². The predicted molar refractivity (Wildman–Crippen MR) is 156 cm³/mol. The Bertz CT molecular complexity index is 1690. The Morgan fingerprint density at radius 3 is 2.51 bits per heavy atom. The van der Waals surface area contributed by atoms with Gasteiger partial charge in [0.25, 0.3) is 11.8 Å². The summed E-state index contributed by atoms with van der Waals surface area (Å²) >= 11 is 1.24. The Labute approximate surface area is 240 Å². The van der Waals surface area contributed by atoms with Crippen molar-refractivity contribution in [1.29, 1.82) is 0 Å². The van der Waals surface area contributed by atoms with Crippen molar-refractivity contribution in [3.63, 3.8) is 0 Å². The van der Waals surface area contributed by atoms with Crippen LogP contribution in [-0.2, 0) is 11.2 Å². The van der Waals surface area contributed by atoms with Crippen LogP contribution in [0.15, 0.2) is 72.9 Å². The van der Waals surface area contributed by atoms with Crippen LogP contribution in [-0.4, -0.2) is 60.7 Å². The standard InChI is InChI=1S/C31H26N4O5S/c36-28(23-5-3-12-32-27(23)34-15-31(16-34)17-40-18-31)33-21-9-7-19(8-10-21)29(37)35-13-11-20-14-25(30(38)39)41-26(20)22-4-1-2-6-24(22)35/h1-10,12,14H,11,13,15-18H2,(H,33,36)(H,38,39). The zero-order chi connectivity index (χ0) is 28.1. The number of aromatic nitrogens is 1. The first-order valence-corrected chi connectivity index (χ1v) is 14.2. The molecule has 1 spiro atoms. The van der Waals surface area contributed by atoms with E-state index in [-0.39, 0.29) is 17.2 Å². The number of amides is 2. The van der Waals surface area contributed by atoms with Crippen molar-refractivity contribution >= 4 is 46.3 Å². The highest BCUT2D eigenvalue weighted by atomic mass is 32.1. The van der Waals surface area contributed by atoms with Crippen molar-refractivity contribution in [3.8, 4) is 10.4 Å². The van der Waals surface area contributed by atoms with Gasteiger partial charge in [-0.15, -0.1) is 11.3 Å². The highest BCUT2D eigenvalue weighted by Gasteiger charge is 2.50. The highest BCUT2D eigenvalue weighted by Crippen LogP contribution is 2.42. The fraction of sp³-hybridized carbons (Fsp3) is 0.226. The quantitative estimate of drug-likeness (QED) is 0.357. The molecule has 2 aromatic carbocycles. The summed E-state index contributed by atoms with van der Waals surface area (Å²) in [5.74, 6) is -0.701. The van der Waals surface area contributed by atoms with Crippen molar-refractivity contribution in [1.82, 2.24) is 4.98 Å². The maximum Gasteiger partial charge on any atom is 0.345 e. The van der Waals surface area contributed by atoms with Crippen LogP contribution in [0.25, 0.3) is 10.4 Å². The molecule has 2 aromatic heterocycles. The Morgan fingerprint density at radius 1 is 1.00 bits per heavy atom. The van der Waals surface area contributed by atoms with E-state index in [1.807, 2.05) is 24.3 Å². The molecule has 0 aliphatic carbocycles. The number of hydrogen-bond acceptors (Lipinski definition) is 7. The van der Waals surface area contributed by atoms with E-state index in [4.69, 9.17) is 4.74 Å². The number of para-hydroxylation sites is 1. The average Bonchev–Trinajstić information content (AvgIpc) is 3.30. The van der Waals surface area contributed by atoms with Crippen LogP contribution in [0, 0.1) is 5.41 Å². The molecule has 3 aliphatic rings. The van der Waals surface area contributed by atoms with E-state index in [9.17, 15) is 19.5 Å². The van der Waals surface area contributed by atoms with Gasteiger partial charge in [0.15, 0.2) is 0 Å². The maximum atomic E-state index is 13.7. The van der Waals surface area contributed by atoms with Gasteiger partial charge < -0.3 is 25.0 Å². The molecule has 9 nitrogen and oxygen atoms in total. The van der Waals surface area contributed by atoms with Crippen LogP contribution in [0.4, 0.5) is 17.2 Å². The lowest BCUT2D eigenvalue weighted by Crippen LogP contribution is -2.66. The third kappa shape index (κ3) is 4.45. The lowest BCUT2D eigenvalue weighted by Gasteiger charge is -2.55. The number of thiophene rings is 1. The monoisotopic (exact) mass is 566 g/mol. The second-order valence-corrected chi connectivity index (χ2v) is 11.8. The van der Waals surface area contributed by atoms with E-state index in [0.29, 0.717) is 40.5 Å². The number of rotatable bonds is 5. The van der Waals surface area contributed by atoms with E-state index < -0.39 is 5.97 Å². The molecule has 4 aromatic rings. The second kappa shape index (κ2) is 9.83. The highest BCUT2D eigenvalue weighted by molar-refractivity contribution is 7.17. The molecule has 2 amide bonds. The van der Waals surface area contributed by atoms with Crippen molar-refractivity contribution in [2.75, 3.05) is 48.0 Å². The van der Waals surface area contributed by atoms with Crippen LogP contribution in [0.3, 0.4) is 0 Å². The van der Waals surface area contributed by atoms with E-state index in [2.05, 4.69) is 15.2 Å². The molecule has 0 bridgehead atoms. The molecule has 2 fully saturated rings. The minimum absolute atomic E-state index is 0.162. The number of aromatic carboxylic acids is 1. The average molecular weight is 567 g/mol. The number of nitrogens with zero attached hydrogens (tertiary/aromatic N) is 3. The number of carboxylic acid groups (broad SMARTS) is 1. The van der Waals surface area contributed by atoms with Gasteiger partial charge in [-0.25, -0.2) is 9.78 Å². The first-order valence-electron chi connectivity index (χ1n) is 13.4. The number of nitrogens with one attached hydrogen (secondary N) is 1. The number of carbonyl (C=O) groups excluding carboxylic acids is 2. The van der Waals surface area contributed by atoms with E-state index in [1.165, 1.54) is 11.3 Å². The number of pyridine rings is 1. The van der Waals surface area contributed by atoms with Crippen LogP contribution >= 0.6 is 11.3 Å². The lowest BCUT2D eigenvalue weighted by molar-refractivity contribution is -0.127. The zero-order valence-corrected chi connectivity index (χ0v) is 22.8. The first-order chi connectivity index (χ1) is 19.9. The summed E-state index contributed by atoms with van der Waals surface area (Å²) in [5.41, 5.74) is 4.30. The van der Waals surface area contributed by atoms with Crippen molar-refractivity contribution in [2.45, 2.75) is 6.42 Å². The molecule has 41 heavy (non-hydrogen) atoms.